The maximum absolute atomic E-state index is 12.7. The van der Waals surface area contributed by atoms with Crippen molar-refractivity contribution in [1.29, 1.82) is 0 Å². The number of hydrogen-bond acceptors (Lipinski definition) is 6. The van der Waals surface area contributed by atoms with Crippen molar-refractivity contribution in [3.05, 3.63) is 65.6 Å². The number of fused-ring (bicyclic) bond motifs is 1. The Bertz CT molecular complexity index is 1030. The zero-order valence-electron chi connectivity index (χ0n) is 16.2. The quantitative estimate of drug-likeness (QED) is 0.430. The highest BCUT2D eigenvalue weighted by atomic mass is 32.2. The average molecular weight is 432 g/mol. The molecule has 3 heterocycles. The molecule has 156 valence electrons. The normalized spacial score (nSPS) is 14.4. The Kier molecular flexibility index (Phi) is 5.92. The number of para-hydroxylation sites is 1. The number of benzene rings is 1. The topological polar surface area (TPSA) is 51.1 Å². The summed E-state index contributed by atoms with van der Waals surface area (Å²) in [5, 5.41) is 0.789. The molecule has 0 amide bonds. The second kappa shape index (κ2) is 8.61. The first kappa shape index (κ1) is 20.6. The van der Waals surface area contributed by atoms with Crippen LogP contribution in [0.15, 0.2) is 53.9 Å². The van der Waals surface area contributed by atoms with Gasteiger partial charge in [-0.1, -0.05) is 30.0 Å². The van der Waals surface area contributed by atoms with Crippen LogP contribution < -0.4 is 4.74 Å². The molecular weight excluding hydrogens is 413 g/mol. The molecular formula is C21H19F3N4OS. The molecule has 1 aromatic carbocycles. The Labute approximate surface area is 176 Å². The number of pyridine rings is 1. The monoisotopic (exact) mass is 432 g/mol. The molecule has 0 saturated carbocycles. The molecule has 0 bridgehead atoms. The van der Waals surface area contributed by atoms with Crippen molar-refractivity contribution in [2.45, 2.75) is 31.0 Å². The van der Waals surface area contributed by atoms with Crippen LogP contribution in [0.4, 0.5) is 13.2 Å². The molecule has 0 saturated heterocycles. The number of thioether (sulfide) groups is 1. The summed E-state index contributed by atoms with van der Waals surface area (Å²) in [6.07, 6.45) is 1.66. The van der Waals surface area contributed by atoms with Gasteiger partial charge in [-0.25, -0.2) is 9.97 Å². The first-order chi connectivity index (χ1) is 14.4. The van der Waals surface area contributed by atoms with Crippen molar-refractivity contribution < 1.29 is 17.9 Å². The minimum atomic E-state index is -4.75. The number of halogens is 3. The third-order valence-corrected chi connectivity index (χ3v) is 5.35. The molecule has 5 nitrogen and oxygen atoms in total. The van der Waals surface area contributed by atoms with Crippen molar-refractivity contribution in [1.82, 2.24) is 19.9 Å². The van der Waals surface area contributed by atoms with Crippen molar-refractivity contribution in [2.75, 3.05) is 12.8 Å². The van der Waals surface area contributed by atoms with Gasteiger partial charge < -0.3 is 4.74 Å². The third-order valence-electron chi connectivity index (χ3n) is 4.79. The molecule has 0 radical (unpaired) electrons. The lowest BCUT2D eigenvalue weighted by atomic mass is 10.1. The highest BCUT2D eigenvalue weighted by molar-refractivity contribution is 7.98. The number of aromatic nitrogens is 3. The highest BCUT2D eigenvalue weighted by Crippen LogP contribution is 2.32. The van der Waals surface area contributed by atoms with Gasteiger partial charge in [0.2, 0.25) is 0 Å². The number of hydrogen-bond donors (Lipinski definition) is 0. The molecule has 4 rings (SSSR count). The molecule has 0 N–H and O–H groups in total. The van der Waals surface area contributed by atoms with Gasteiger partial charge in [-0.2, -0.15) is 0 Å². The summed E-state index contributed by atoms with van der Waals surface area (Å²) in [4.78, 5) is 15.6. The molecule has 3 aromatic rings. The Morgan fingerprint density at radius 2 is 1.93 bits per heavy atom. The van der Waals surface area contributed by atoms with Gasteiger partial charge in [-0.3, -0.25) is 9.88 Å². The highest BCUT2D eigenvalue weighted by Gasteiger charge is 2.32. The van der Waals surface area contributed by atoms with Gasteiger partial charge in [0.15, 0.2) is 5.16 Å². The van der Waals surface area contributed by atoms with Gasteiger partial charge in [-0.15, -0.1) is 13.2 Å². The third kappa shape index (κ3) is 4.91. The van der Waals surface area contributed by atoms with Crippen LogP contribution in [0.3, 0.4) is 0 Å². The smallest absolute Gasteiger partial charge is 0.405 e. The predicted octanol–water partition coefficient (Wildman–Crippen LogP) is 4.72. The summed E-state index contributed by atoms with van der Waals surface area (Å²) >= 11 is 1.53. The molecule has 1 aliphatic rings. The number of rotatable bonds is 5. The molecule has 0 aliphatic carbocycles. The summed E-state index contributed by atoms with van der Waals surface area (Å²) < 4.78 is 42.1. The molecule has 0 atom stereocenters. The van der Waals surface area contributed by atoms with Gasteiger partial charge >= 0.3 is 6.36 Å². The molecule has 9 heteroatoms. The first-order valence-corrected chi connectivity index (χ1v) is 10.5. The minimum Gasteiger partial charge on any atom is -0.405 e. The lowest BCUT2D eigenvalue weighted by molar-refractivity contribution is -0.274. The maximum Gasteiger partial charge on any atom is 0.573 e. The van der Waals surface area contributed by atoms with Gasteiger partial charge in [0.1, 0.15) is 5.75 Å². The largest absolute Gasteiger partial charge is 0.573 e. The molecule has 2 aromatic heterocycles. The number of nitrogens with zero attached hydrogens (tertiary/aromatic N) is 4. The molecule has 0 unspecified atom stereocenters. The van der Waals surface area contributed by atoms with Gasteiger partial charge in [0, 0.05) is 49.6 Å². The number of ether oxygens (including phenoxy) is 1. The van der Waals surface area contributed by atoms with E-state index in [9.17, 15) is 13.2 Å². The average Bonchev–Trinajstić information content (AvgIpc) is 2.73. The minimum absolute atomic E-state index is 0.262. The lowest BCUT2D eigenvalue weighted by Gasteiger charge is -2.27. The molecule has 1 aliphatic heterocycles. The fourth-order valence-electron chi connectivity index (χ4n) is 3.42. The molecule has 0 fully saturated rings. The summed E-state index contributed by atoms with van der Waals surface area (Å²) in [7, 11) is 0. The van der Waals surface area contributed by atoms with E-state index in [1.165, 1.54) is 23.9 Å². The standard InChI is InChI=1S/C21H19F3N4OS/c1-30-20-26-11-15-13-28(9-8-17(15)27-20)12-14-6-7-18(25-10-14)16-4-2-3-5-19(16)29-21(22,23)24/h2-7,10-11H,8-9,12-13H2,1H3. The maximum atomic E-state index is 12.7. The van der Waals surface area contributed by atoms with E-state index in [1.807, 2.05) is 18.5 Å². The summed E-state index contributed by atoms with van der Waals surface area (Å²) in [6.45, 7) is 2.33. The van der Waals surface area contributed by atoms with E-state index in [4.69, 9.17) is 0 Å². The van der Waals surface area contributed by atoms with Crippen LogP contribution in [-0.2, 0) is 19.5 Å². The van der Waals surface area contributed by atoms with Gasteiger partial charge in [0.05, 0.1) is 11.4 Å². The van der Waals surface area contributed by atoms with Crippen LogP contribution in [0.5, 0.6) is 5.75 Å². The predicted molar refractivity (Wildman–Crippen MR) is 108 cm³/mol. The summed E-state index contributed by atoms with van der Waals surface area (Å²) in [5.41, 5.74) is 3.94. The van der Waals surface area contributed by atoms with Gasteiger partial charge in [-0.05, 0) is 30.0 Å². The first-order valence-electron chi connectivity index (χ1n) is 9.32. The van der Waals surface area contributed by atoms with Crippen LogP contribution in [0.1, 0.15) is 16.8 Å². The Balaban J connectivity index is 1.46. The van der Waals surface area contributed by atoms with Crippen LogP contribution in [0, 0.1) is 0 Å². The fraction of sp³-hybridized carbons (Fsp3) is 0.286. The Morgan fingerprint density at radius 1 is 1.10 bits per heavy atom. The molecule has 30 heavy (non-hydrogen) atoms. The van der Waals surface area contributed by atoms with E-state index < -0.39 is 6.36 Å². The second-order valence-corrected chi connectivity index (χ2v) is 7.66. The second-order valence-electron chi connectivity index (χ2n) is 6.88. The fourth-order valence-corrected chi connectivity index (χ4v) is 3.78. The van der Waals surface area contributed by atoms with E-state index in [0.717, 1.165) is 41.5 Å². The van der Waals surface area contributed by atoms with E-state index >= 15 is 0 Å². The summed E-state index contributed by atoms with van der Waals surface area (Å²) in [5.74, 6) is -0.262. The van der Waals surface area contributed by atoms with Crippen LogP contribution in [0.25, 0.3) is 11.3 Å². The van der Waals surface area contributed by atoms with Crippen LogP contribution in [0.2, 0.25) is 0 Å². The van der Waals surface area contributed by atoms with Crippen molar-refractivity contribution >= 4 is 11.8 Å². The van der Waals surface area contributed by atoms with E-state index in [2.05, 4.69) is 24.6 Å². The Morgan fingerprint density at radius 3 is 2.67 bits per heavy atom. The zero-order chi connectivity index (χ0) is 21.1. The Hall–Kier alpha value is -2.65. The van der Waals surface area contributed by atoms with Crippen molar-refractivity contribution in [3.63, 3.8) is 0 Å². The van der Waals surface area contributed by atoms with Crippen LogP contribution >= 0.6 is 11.8 Å². The van der Waals surface area contributed by atoms with E-state index in [0.29, 0.717) is 17.8 Å². The SMILES string of the molecule is CSc1ncc2c(n1)CCN(Cc1ccc(-c3ccccc3OC(F)(F)F)nc1)C2. The van der Waals surface area contributed by atoms with Crippen molar-refractivity contribution in [2.24, 2.45) is 0 Å². The summed E-state index contributed by atoms with van der Waals surface area (Å²) in [6, 6.07) is 9.61. The van der Waals surface area contributed by atoms with Gasteiger partial charge in [0.25, 0.3) is 0 Å². The lowest BCUT2D eigenvalue weighted by Crippen LogP contribution is -2.31. The van der Waals surface area contributed by atoms with Crippen LogP contribution in [-0.4, -0.2) is 39.0 Å². The van der Waals surface area contributed by atoms with E-state index in [-0.39, 0.29) is 5.75 Å². The molecule has 0 spiro atoms. The van der Waals surface area contributed by atoms with E-state index in [1.54, 1.807) is 24.4 Å². The zero-order valence-corrected chi connectivity index (χ0v) is 17.0. The van der Waals surface area contributed by atoms with Crippen molar-refractivity contribution in [3.8, 4) is 17.0 Å². The number of alkyl halides is 3.